The molecule has 1 aliphatic rings. The normalized spacial score (nSPS) is 16.7. The van der Waals surface area contributed by atoms with Crippen LogP contribution in [0.2, 0.25) is 0 Å². The maximum absolute atomic E-state index is 13.7. The molecule has 2 aromatic rings. The number of benzene rings is 2. The molecule has 24 heavy (non-hydrogen) atoms. The minimum Gasteiger partial charge on any atom is -0.478 e. The highest BCUT2D eigenvalue weighted by molar-refractivity contribution is 5.87. The van der Waals surface area contributed by atoms with E-state index in [-0.39, 0.29) is 16.9 Å². The van der Waals surface area contributed by atoms with E-state index in [4.69, 9.17) is 9.84 Å². The first kappa shape index (κ1) is 16.6. The standard InChI is InChI=1S/C19H20FNO3/c20-17-3-1-2-16(12-17)19(8-10-24-11-9-19)21-13-14-4-6-15(7-5-14)18(22)23/h1-7,12,21H,8-11,13H2,(H,22,23). The fraction of sp³-hybridized carbons (Fsp3) is 0.316. The first-order valence-corrected chi connectivity index (χ1v) is 8.00. The van der Waals surface area contributed by atoms with Crippen LogP contribution in [-0.2, 0) is 16.8 Å². The minimum absolute atomic E-state index is 0.244. The zero-order valence-corrected chi connectivity index (χ0v) is 13.3. The molecule has 0 atom stereocenters. The molecule has 0 radical (unpaired) electrons. The lowest BCUT2D eigenvalue weighted by Crippen LogP contribution is -2.46. The Labute approximate surface area is 140 Å². The third kappa shape index (κ3) is 3.63. The van der Waals surface area contributed by atoms with E-state index in [0.717, 1.165) is 24.0 Å². The van der Waals surface area contributed by atoms with Crippen molar-refractivity contribution in [2.24, 2.45) is 0 Å². The molecule has 1 fully saturated rings. The van der Waals surface area contributed by atoms with E-state index in [1.165, 1.54) is 6.07 Å². The topological polar surface area (TPSA) is 58.6 Å². The molecule has 126 valence electrons. The average molecular weight is 329 g/mol. The molecule has 1 aliphatic heterocycles. The van der Waals surface area contributed by atoms with Gasteiger partial charge in [0.15, 0.2) is 0 Å². The molecule has 0 unspecified atom stereocenters. The predicted molar refractivity (Wildman–Crippen MR) is 88.4 cm³/mol. The van der Waals surface area contributed by atoms with Gasteiger partial charge in [0.25, 0.3) is 0 Å². The maximum Gasteiger partial charge on any atom is 0.335 e. The second-order valence-corrected chi connectivity index (χ2v) is 6.06. The summed E-state index contributed by atoms with van der Waals surface area (Å²) in [5.74, 6) is -1.18. The smallest absolute Gasteiger partial charge is 0.335 e. The van der Waals surface area contributed by atoms with Gasteiger partial charge in [0, 0.05) is 25.3 Å². The first-order chi connectivity index (χ1) is 11.6. The molecule has 5 heteroatoms. The van der Waals surface area contributed by atoms with Crippen LogP contribution in [0.4, 0.5) is 4.39 Å². The van der Waals surface area contributed by atoms with E-state index in [1.54, 1.807) is 36.4 Å². The van der Waals surface area contributed by atoms with Gasteiger partial charge >= 0.3 is 5.97 Å². The van der Waals surface area contributed by atoms with Crippen molar-refractivity contribution in [3.8, 4) is 0 Å². The molecule has 0 spiro atoms. The molecular formula is C19H20FNO3. The van der Waals surface area contributed by atoms with E-state index < -0.39 is 5.97 Å². The summed E-state index contributed by atoms with van der Waals surface area (Å²) in [4.78, 5) is 10.9. The van der Waals surface area contributed by atoms with Crippen LogP contribution in [0.3, 0.4) is 0 Å². The molecule has 3 rings (SSSR count). The van der Waals surface area contributed by atoms with Crippen LogP contribution >= 0.6 is 0 Å². The maximum atomic E-state index is 13.7. The third-order valence-corrected chi connectivity index (χ3v) is 4.56. The van der Waals surface area contributed by atoms with Crippen LogP contribution in [-0.4, -0.2) is 24.3 Å². The van der Waals surface area contributed by atoms with Gasteiger partial charge in [-0.3, -0.25) is 0 Å². The molecule has 1 heterocycles. The van der Waals surface area contributed by atoms with Gasteiger partial charge in [-0.25, -0.2) is 9.18 Å². The number of ether oxygens (including phenoxy) is 1. The monoisotopic (exact) mass is 329 g/mol. The number of aromatic carboxylic acids is 1. The highest BCUT2D eigenvalue weighted by Crippen LogP contribution is 2.33. The Morgan fingerprint density at radius 3 is 2.50 bits per heavy atom. The highest BCUT2D eigenvalue weighted by atomic mass is 19.1. The van der Waals surface area contributed by atoms with Crippen LogP contribution in [0, 0.1) is 5.82 Å². The summed E-state index contributed by atoms with van der Waals surface area (Å²) in [5, 5.41) is 12.5. The molecule has 0 bridgehead atoms. The number of rotatable bonds is 5. The molecule has 0 amide bonds. The Bertz CT molecular complexity index is 709. The second kappa shape index (κ2) is 7.11. The van der Waals surface area contributed by atoms with Crippen LogP contribution in [0.25, 0.3) is 0 Å². The van der Waals surface area contributed by atoms with Gasteiger partial charge in [0.05, 0.1) is 5.56 Å². The molecule has 4 nitrogen and oxygen atoms in total. The van der Waals surface area contributed by atoms with Crippen molar-refractivity contribution < 1.29 is 19.0 Å². The van der Waals surface area contributed by atoms with Crippen molar-refractivity contribution in [2.75, 3.05) is 13.2 Å². The van der Waals surface area contributed by atoms with Crippen molar-refractivity contribution in [3.63, 3.8) is 0 Å². The van der Waals surface area contributed by atoms with Crippen molar-refractivity contribution in [1.82, 2.24) is 5.32 Å². The molecule has 0 aliphatic carbocycles. The zero-order chi connectivity index (χ0) is 17.0. The van der Waals surface area contributed by atoms with Crippen molar-refractivity contribution >= 4 is 5.97 Å². The summed E-state index contributed by atoms with van der Waals surface area (Å²) in [5.41, 5.74) is 1.85. The summed E-state index contributed by atoms with van der Waals surface area (Å²) in [6, 6.07) is 13.5. The van der Waals surface area contributed by atoms with Gasteiger partial charge in [0.2, 0.25) is 0 Å². The molecular weight excluding hydrogens is 309 g/mol. The predicted octanol–water partition coefficient (Wildman–Crippen LogP) is 3.32. The van der Waals surface area contributed by atoms with Gasteiger partial charge in [-0.15, -0.1) is 0 Å². The Hall–Kier alpha value is -2.24. The van der Waals surface area contributed by atoms with E-state index in [0.29, 0.717) is 19.8 Å². The fourth-order valence-corrected chi connectivity index (χ4v) is 3.11. The summed E-state index contributed by atoms with van der Waals surface area (Å²) in [6.45, 7) is 1.83. The van der Waals surface area contributed by atoms with E-state index in [2.05, 4.69) is 5.32 Å². The van der Waals surface area contributed by atoms with E-state index in [9.17, 15) is 9.18 Å². The van der Waals surface area contributed by atoms with Gasteiger partial charge < -0.3 is 15.2 Å². The Kier molecular flexibility index (Phi) is 4.92. The summed E-state index contributed by atoms with van der Waals surface area (Å²) in [7, 11) is 0. The van der Waals surface area contributed by atoms with Crippen LogP contribution in [0.15, 0.2) is 48.5 Å². The number of halogens is 1. The SMILES string of the molecule is O=C(O)c1ccc(CNC2(c3cccc(F)c3)CCOCC2)cc1. The molecule has 1 saturated heterocycles. The molecule has 0 saturated carbocycles. The Balaban J connectivity index is 1.78. The minimum atomic E-state index is -0.935. The molecule has 2 N–H and O–H groups in total. The number of hydrogen-bond acceptors (Lipinski definition) is 3. The summed E-state index contributed by atoms with van der Waals surface area (Å²) >= 11 is 0. The Morgan fingerprint density at radius 1 is 1.17 bits per heavy atom. The van der Waals surface area contributed by atoms with Crippen molar-refractivity contribution in [1.29, 1.82) is 0 Å². The van der Waals surface area contributed by atoms with E-state index in [1.807, 2.05) is 6.07 Å². The van der Waals surface area contributed by atoms with Crippen LogP contribution in [0.1, 0.15) is 34.3 Å². The second-order valence-electron chi connectivity index (χ2n) is 6.06. The van der Waals surface area contributed by atoms with E-state index >= 15 is 0 Å². The molecule has 2 aromatic carbocycles. The van der Waals surface area contributed by atoms with Crippen molar-refractivity contribution in [2.45, 2.75) is 24.9 Å². The largest absolute Gasteiger partial charge is 0.478 e. The Morgan fingerprint density at radius 2 is 1.88 bits per heavy atom. The van der Waals surface area contributed by atoms with Crippen LogP contribution < -0.4 is 5.32 Å². The lowest BCUT2D eigenvalue weighted by atomic mass is 9.82. The van der Waals surface area contributed by atoms with Gasteiger partial charge in [-0.05, 0) is 48.2 Å². The fourth-order valence-electron chi connectivity index (χ4n) is 3.11. The third-order valence-electron chi connectivity index (χ3n) is 4.56. The van der Waals surface area contributed by atoms with Gasteiger partial charge in [0.1, 0.15) is 5.82 Å². The van der Waals surface area contributed by atoms with Crippen LogP contribution in [0.5, 0.6) is 0 Å². The molecule has 0 aromatic heterocycles. The zero-order valence-electron chi connectivity index (χ0n) is 13.3. The number of carboxylic acid groups (broad SMARTS) is 1. The summed E-state index contributed by atoms with van der Waals surface area (Å²) in [6.07, 6.45) is 1.54. The van der Waals surface area contributed by atoms with Gasteiger partial charge in [-0.1, -0.05) is 24.3 Å². The first-order valence-electron chi connectivity index (χ1n) is 8.00. The van der Waals surface area contributed by atoms with Crippen molar-refractivity contribution in [3.05, 3.63) is 71.0 Å². The number of carboxylic acids is 1. The quantitative estimate of drug-likeness (QED) is 0.883. The highest BCUT2D eigenvalue weighted by Gasteiger charge is 2.34. The van der Waals surface area contributed by atoms with Gasteiger partial charge in [-0.2, -0.15) is 0 Å². The summed E-state index contributed by atoms with van der Waals surface area (Å²) < 4.78 is 19.1. The number of hydrogen-bond donors (Lipinski definition) is 2. The lowest BCUT2D eigenvalue weighted by Gasteiger charge is -2.39. The number of carbonyl (C=O) groups is 1. The average Bonchev–Trinajstić information content (AvgIpc) is 2.61. The lowest BCUT2D eigenvalue weighted by molar-refractivity contribution is 0.0356. The number of nitrogens with one attached hydrogen (secondary N) is 1.